The molecule has 1 amide bonds. The number of anilines is 1. The van der Waals surface area contributed by atoms with Gasteiger partial charge < -0.3 is 10.2 Å². The number of nitrogens with zero attached hydrogens (tertiary/aromatic N) is 2. The minimum Gasteiger partial charge on any atom is -0.399 e. The molecule has 1 aromatic heterocycles. The molecule has 150 valence electrons. The van der Waals surface area contributed by atoms with Gasteiger partial charge in [0.15, 0.2) is 0 Å². The molecule has 0 saturated heterocycles. The van der Waals surface area contributed by atoms with E-state index in [2.05, 4.69) is 15.5 Å². The zero-order valence-electron chi connectivity index (χ0n) is 16.1. The number of para-hydroxylation sites is 1. The average Bonchev–Trinajstić information content (AvgIpc) is 3.11. The molecule has 0 atom stereocenters. The fourth-order valence-electron chi connectivity index (χ4n) is 2.86. The minimum atomic E-state index is -2.81. The Balaban J connectivity index is 1.90. The molecule has 0 aliphatic heterocycles. The quantitative estimate of drug-likeness (QED) is 0.416. The van der Waals surface area contributed by atoms with Crippen molar-refractivity contribution >= 4 is 28.6 Å². The summed E-state index contributed by atoms with van der Waals surface area (Å²) in [6, 6.07) is 14.8. The van der Waals surface area contributed by atoms with E-state index in [-0.39, 0.29) is 4.88 Å². The Labute approximate surface area is 171 Å². The van der Waals surface area contributed by atoms with Crippen LogP contribution in [0.4, 0.5) is 14.5 Å². The first-order valence-corrected chi connectivity index (χ1v) is 9.56. The number of hydrogen-bond acceptors (Lipinski definition) is 5. The summed E-state index contributed by atoms with van der Waals surface area (Å²) in [5, 5.41) is 7.07. The van der Waals surface area contributed by atoms with Gasteiger partial charge in [0.1, 0.15) is 17.7 Å². The topological polar surface area (TPSA) is 63.6 Å². The normalized spacial score (nSPS) is 11.6. The molecular weight excluding hydrogens is 396 g/mol. The van der Waals surface area contributed by atoms with Gasteiger partial charge in [-0.15, -0.1) is 11.3 Å². The molecule has 0 spiro atoms. The summed E-state index contributed by atoms with van der Waals surface area (Å²) >= 11 is 0.953. The van der Waals surface area contributed by atoms with Crippen LogP contribution < -0.4 is 5.32 Å². The predicted octanol–water partition coefficient (Wildman–Crippen LogP) is 5.68. The molecule has 0 unspecified atom stereocenters. The molecule has 29 heavy (non-hydrogen) atoms. The van der Waals surface area contributed by atoms with Crippen LogP contribution >= 0.6 is 11.3 Å². The van der Waals surface area contributed by atoms with Gasteiger partial charge in [-0.3, -0.25) is 4.79 Å². The summed E-state index contributed by atoms with van der Waals surface area (Å²) in [5.41, 5.74) is 3.32. The maximum atomic E-state index is 13.2. The number of oxime groups is 1. The highest BCUT2D eigenvalue weighted by molar-refractivity contribution is 7.13. The maximum absolute atomic E-state index is 13.2. The van der Waals surface area contributed by atoms with Gasteiger partial charge in [-0.2, -0.15) is 0 Å². The maximum Gasteiger partial charge on any atom is 0.282 e. The predicted molar refractivity (Wildman–Crippen MR) is 111 cm³/mol. The summed E-state index contributed by atoms with van der Waals surface area (Å²) in [6.07, 6.45) is -2.81. The lowest BCUT2D eigenvalue weighted by Gasteiger charge is -2.12. The fraction of sp³-hybridized carbons (Fsp3) is 0.190. The van der Waals surface area contributed by atoms with Gasteiger partial charge in [-0.25, -0.2) is 13.8 Å². The largest absolute Gasteiger partial charge is 0.399 e. The van der Waals surface area contributed by atoms with Gasteiger partial charge in [0.2, 0.25) is 0 Å². The molecule has 0 aliphatic rings. The van der Waals surface area contributed by atoms with E-state index < -0.39 is 18.0 Å². The lowest BCUT2D eigenvalue weighted by Crippen LogP contribution is -2.13. The third kappa shape index (κ3) is 4.65. The molecule has 0 aliphatic carbocycles. The second-order valence-electron chi connectivity index (χ2n) is 6.18. The highest BCUT2D eigenvalue weighted by Gasteiger charge is 2.24. The Bertz CT molecular complexity index is 1050. The number of aryl methyl sites for hydroxylation is 1. The number of halogens is 2. The minimum absolute atomic E-state index is 0.0750. The van der Waals surface area contributed by atoms with Crippen molar-refractivity contribution in [2.24, 2.45) is 5.16 Å². The molecular formula is C21H19F2N3O2S. The molecule has 1 N–H and O–H groups in total. The number of carbonyl (C=O) groups excluding carboxylic acids is 1. The van der Waals surface area contributed by atoms with E-state index in [1.807, 2.05) is 43.3 Å². The van der Waals surface area contributed by atoms with E-state index >= 15 is 0 Å². The number of alkyl halides is 2. The smallest absolute Gasteiger partial charge is 0.282 e. The van der Waals surface area contributed by atoms with Crippen molar-refractivity contribution in [1.82, 2.24) is 4.98 Å². The summed E-state index contributed by atoms with van der Waals surface area (Å²) in [5.74, 6) is -0.599. The van der Waals surface area contributed by atoms with E-state index in [1.165, 1.54) is 7.11 Å². The highest BCUT2D eigenvalue weighted by Crippen LogP contribution is 2.31. The van der Waals surface area contributed by atoms with Crippen LogP contribution in [0.1, 0.15) is 39.3 Å². The van der Waals surface area contributed by atoms with Crippen LogP contribution in [-0.2, 0) is 4.84 Å². The second-order valence-corrected chi connectivity index (χ2v) is 7.39. The summed E-state index contributed by atoms with van der Waals surface area (Å²) in [7, 11) is 1.49. The lowest BCUT2D eigenvalue weighted by molar-refractivity contribution is 0.101. The van der Waals surface area contributed by atoms with Crippen LogP contribution in [0.15, 0.2) is 53.7 Å². The number of carbonyl (C=O) groups is 1. The van der Waals surface area contributed by atoms with E-state index in [9.17, 15) is 13.6 Å². The van der Waals surface area contributed by atoms with Crippen molar-refractivity contribution < 1.29 is 18.4 Å². The monoisotopic (exact) mass is 415 g/mol. The van der Waals surface area contributed by atoms with Crippen LogP contribution in [0.25, 0.3) is 11.1 Å². The van der Waals surface area contributed by atoms with Crippen molar-refractivity contribution in [2.75, 3.05) is 12.4 Å². The van der Waals surface area contributed by atoms with Gasteiger partial charge in [0.05, 0.1) is 10.7 Å². The third-order valence-corrected chi connectivity index (χ3v) is 5.18. The van der Waals surface area contributed by atoms with Crippen LogP contribution in [0.3, 0.4) is 0 Å². The van der Waals surface area contributed by atoms with E-state index in [0.717, 1.165) is 33.7 Å². The first-order valence-electron chi connectivity index (χ1n) is 8.75. The van der Waals surface area contributed by atoms with Crippen molar-refractivity contribution in [2.45, 2.75) is 20.3 Å². The Morgan fingerprint density at radius 1 is 1.17 bits per heavy atom. The molecule has 3 aromatic rings. The first-order chi connectivity index (χ1) is 13.9. The SMILES string of the molecule is CON=C(C)c1ccc(-c2ccccc2NC(=O)c2sc(C)nc2C(F)F)cc1. The van der Waals surface area contributed by atoms with Crippen LogP contribution in [-0.4, -0.2) is 23.7 Å². The van der Waals surface area contributed by atoms with Gasteiger partial charge in [0, 0.05) is 11.3 Å². The van der Waals surface area contributed by atoms with Gasteiger partial charge in [0.25, 0.3) is 12.3 Å². The number of nitrogens with one attached hydrogen (secondary N) is 1. The zero-order chi connectivity index (χ0) is 21.0. The highest BCUT2D eigenvalue weighted by atomic mass is 32.1. The molecule has 8 heteroatoms. The van der Waals surface area contributed by atoms with E-state index in [1.54, 1.807) is 19.1 Å². The number of aromatic nitrogens is 1. The second kappa shape index (κ2) is 8.91. The first kappa shape index (κ1) is 20.6. The number of hydrogen-bond donors (Lipinski definition) is 1. The molecule has 0 saturated carbocycles. The lowest BCUT2D eigenvalue weighted by atomic mass is 10.0. The van der Waals surface area contributed by atoms with Crippen LogP contribution in [0, 0.1) is 6.92 Å². The standard InChI is InChI=1S/C21H19F2N3O2S/c1-12(26-28-3)14-8-10-15(11-9-14)16-6-4-5-7-17(16)25-21(27)19-18(20(22)23)24-13(2)29-19/h4-11,20H,1-3H3,(H,25,27). The van der Waals surface area contributed by atoms with Gasteiger partial charge >= 0.3 is 0 Å². The van der Waals surface area contributed by atoms with Crippen LogP contribution in [0.2, 0.25) is 0 Å². The molecule has 5 nitrogen and oxygen atoms in total. The van der Waals surface area contributed by atoms with Crippen molar-refractivity contribution in [3.8, 4) is 11.1 Å². The Morgan fingerprint density at radius 2 is 1.86 bits per heavy atom. The fourth-order valence-corrected chi connectivity index (χ4v) is 3.68. The van der Waals surface area contributed by atoms with Gasteiger partial charge in [-0.05, 0) is 31.0 Å². The zero-order valence-corrected chi connectivity index (χ0v) is 16.9. The summed E-state index contributed by atoms with van der Waals surface area (Å²) in [4.78, 5) is 21.1. The molecule has 0 fully saturated rings. The molecule has 0 radical (unpaired) electrons. The van der Waals surface area contributed by atoms with Crippen molar-refractivity contribution in [3.05, 3.63) is 69.7 Å². The van der Waals surface area contributed by atoms with Crippen LogP contribution in [0.5, 0.6) is 0 Å². The third-order valence-electron chi connectivity index (χ3n) is 4.19. The summed E-state index contributed by atoms with van der Waals surface area (Å²) < 4.78 is 26.4. The van der Waals surface area contributed by atoms with E-state index in [0.29, 0.717) is 10.7 Å². The van der Waals surface area contributed by atoms with Crippen molar-refractivity contribution in [3.63, 3.8) is 0 Å². The number of benzene rings is 2. The number of rotatable bonds is 6. The summed E-state index contributed by atoms with van der Waals surface area (Å²) in [6.45, 7) is 3.43. The number of amides is 1. The Kier molecular flexibility index (Phi) is 6.33. The molecule has 1 heterocycles. The Morgan fingerprint density at radius 3 is 2.52 bits per heavy atom. The molecule has 2 aromatic carbocycles. The Hall–Kier alpha value is -3.13. The number of thiazole rings is 1. The van der Waals surface area contributed by atoms with Gasteiger partial charge in [-0.1, -0.05) is 47.6 Å². The molecule has 0 bridgehead atoms. The van der Waals surface area contributed by atoms with E-state index in [4.69, 9.17) is 4.84 Å². The van der Waals surface area contributed by atoms with Crippen molar-refractivity contribution in [1.29, 1.82) is 0 Å². The molecule has 3 rings (SSSR count). The average molecular weight is 415 g/mol.